The van der Waals surface area contributed by atoms with Crippen LogP contribution in [0.15, 0.2) is 36.4 Å². The highest BCUT2D eigenvalue weighted by molar-refractivity contribution is 5.46. The Kier molecular flexibility index (Phi) is 16.7. The first-order valence-electron chi connectivity index (χ1n) is 9.67. The summed E-state index contributed by atoms with van der Waals surface area (Å²) >= 11 is 0. The van der Waals surface area contributed by atoms with Crippen LogP contribution in [0, 0.1) is 20.5 Å². The van der Waals surface area contributed by atoms with Gasteiger partial charge in [0.25, 0.3) is 0 Å². The molecule has 0 amide bonds. The Morgan fingerprint density at radius 1 is 0.500 bits per heavy atom. The molecule has 6 N–H and O–H groups in total. The zero-order valence-electron chi connectivity index (χ0n) is 18.7. The predicted octanol–water partition coefficient (Wildman–Crippen LogP) is -6.14. The van der Waals surface area contributed by atoms with Gasteiger partial charge in [-0.25, -0.2) is 37.3 Å². The van der Waals surface area contributed by atoms with E-state index in [1.54, 1.807) is 0 Å². The minimum Gasteiger partial charge on any atom is -0.325 e. The second kappa shape index (κ2) is 16.3. The van der Waals surface area contributed by atoms with Crippen LogP contribution in [0.3, 0.4) is 0 Å². The molecule has 184 valence electrons. The van der Waals surface area contributed by atoms with E-state index in [2.05, 4.69) is 75.6 Å². The third-order valence-electron chi connectivity index (χ3n) is 4.26. The van der Waals surface area contributed by atoms with Crippen LogP contribution in [0.2, 0.25) is 0 Å². The molecular weight excluding hydrogens is 467 g/mol. The molecule has 0 spiro atoms. The van der Waals surface area contributed by atoms with Gasteiger partial charge in [-0.1, -0.05) is 64.1 Å². The quantitative estimate of drug-likeness (QED) is 0.409. The minimum atomic E-state index is -4.94. The number of hydrogen-bond acceptors (Lipinski definition) is 8. The summed E-state index contributed by atoms with van der Waals surface area (Å²) in [6.45, 7) is 8.68. The van der Waals surface area contributed by atoms with Gasteiger partial charge >= 0.3 is 0 Å². The second-order valence-corrected chi connectivity index (χ2v) is 7.79. The molecule has 0 saturated heterocycles. The van der Waals surface area contributed by atoms with Gasteiger partial charge < -0.3 is 11.5 Å². The Labute approximate surface area is 192 Å². The van der Waals surface area contributed by atoms with Crippen molar-refractivity contribution in [3.63, 3.8) is 0 Å². The number of quaternary nitrogens is 2. The fraction of sp³-hybridized carbons (Fsp3) is 0.400. The van der Waals surface area contributed by atoms with Crippen LogP contribution in [0.5, 0.6) is 0 Å². The number of benzene rings is 2. The normalized spacial score (nSPS) is 10.7. The van der Waals surface area contributed by atoms with E-state index >= 15 is 0 Å². The maximum Gasteiger partial charge on any atom is 0.134 e. The largest absolute Gasteiger partial charge is 0.325 e. The Morgan fingerprint density at radius 3 is 0.781 bits per heavy atom. The lowest BCUT2D eigenvalue weighted by atomic mass is 10.0. The molecule has 0 aliphatic heterocycles. The monoisotopic (exact) mass is 498 g/mol. The summed E-state index contributed by atoms with van der Waals surface area (Å²) in [5.74, 6) is 0. The summed E-state index contributed by atoms with van der Waals surface area (Å²) in [6.07, 6.45) is 4.36. The molecule has 0 aliphatic rings. The van der Waals surface area contributed by atoms with E-state index in [0.717, 1.165) is 25.7 Å². The van der Waals surface area contributed by atoms with E-state index in [1.807, 2.05) is 0 Å². The van der Waals surface area contributed by atoms with Crippen LogP contribution >= 0.6 is 0 Å². The lowest BCUT2D eigenvalue weighted by Crippen LogP contribution is -2.68. The zero-order chi connectivity index (χ0) is 25.5. The van der Waals surface area contributed by atoms with Gasteiger partial charge in [0, 0.05) is 22.3 Å². The van der Waals surface area contributed by atoms with Gasteiger partial charge in [0.2, 0.25) is 0 Å². The molecule has 0 aromatic heterocycles. The van der Waals surface area contributed by atoms with Crippen molar-refractivity contribution >= 4 is 11.4 Å². The molecule has 12 heteroatoms. The molecule has 2 aromatic rings. The van der Waals surface area contributed by atoms with Gasteiger partial charge in [-0.15, -0.1) is 20.5 Å². The van der Waals surface area contributed by atoms with Crippen molar-refractivity contribution in [2.24, 2.45) is 0 Å². The first kappa shape index (κ1) is 32.8. The van der Waals surface area contributed by atoms with Crippen molar-refractivity contribution in [2.45, 2.75) is 53.4 Å². The summed E-state index contributed by atoms with van der Waals surface area (Å²) in [6, 6.07) is 12.9. The molecule has 0 unspecified atom stereocenters. The number of aryl methyl sites for hydroxylation is 4. The molecule has 0 radical (unpaired) electrons. The standard InChI is InChI=1S/2C10H15N.2ClHO4/c2*1-3-8-6-5-7-9(4-2)10(8)11;2*2-1(3,4)5/h2*5-7H,3-4,11H2,1-2H3;2*(H,2,3,4,5). The highest BCUT2D eigenvalue weighted by Crippen LogP contribution is 2.17. The smallest absolute Gasteiger partial charge is 0.134 e. The summed E-state index contributed by atoms with van der Waals surface area (Å²) < 4.78 is 67.9. The maximum absolute atomic E-state index is 8.49. The van der Waals surface area contributed by atoms with E-state index < -0.39 is 20.5 Å². The maximum atomic E-state index is 8.49. The highest BCUT2D eigenvalue weighted by atomic mass is 35.7. The van der Waals surface area contributed by atoms with E-state index in [4.69, 9.17) is 37.3 Å². The molecule has 0 atom stereocenters. The SMILES string of the molecule is CCc1cccc(CC)c1[NH3+].CCc1cccc(CC)c1[NH3+].[O-][Cl+3]([O-])([O-])[O-].[O-][Cl+3]([O-])([O-])[O-]. The van der Waals surface area contributed by atoms with Gasteiger partial charge in [0.1, 0.15) is 11.4 Å². The fourth-order valence-corrected chi connectivity index (χ4v) is 2.70. The van der Waals surface area contributed by atoms with Crippen LogP contribution in [-0.2, 0) is 25.7 Å². The van der Waals surface area contributed by atoms with Gasteiger partial charge in [-0.05, 0) is 25.7 Å². The van der Waals surface area contributed by atoms with Crippen molar-refractivity contribution in [2.75, 3.05) is 0 Å². The molecule has 2 rings (SSSR count). The molecule has 32 heavy (non-hydrogen) atoms. The first-order valence-corrected chi connectivity index (χ1v) is 12.1. The van der Waals surface area contributed by atoms with E-state index in [1.165, 1.54) is 33.6 Å². The summed E-state index contributed by atoms with van der Waals surface area (Å²) in [5.41, 5.74) is 16.1. The van der Waals surface area contributed by atoms with E-state index in [9.17, 15) is 0 Å². The van der Waals surface area contributed by atoms with Crippen LogP contribution in [-0.4, -0.2) is 0 Å². The average Bonchev–Trinajstić information content (AvgIpc) is 2.66. The van der Waals surface area contributed by atoms with Crippen LogP contribution in [0.4, 0.5) is 11.4 Å². The van der Waals surface area contributed by atoms with Crippen molar-refractivity contribution in [1.82, 2.24) is 0 Å². The molecule has 0 heterocycles. The van der Waals surface area contributed by atoms with Gasteiger partial charge in [0.05, 0.1) is 0 Å². The topological polar surface area (TPSA) is 240 Å². The summed E-state index contributed by atoms with van der Waals surface area (Å²) in [5, 5.41) is 0. The molecule has 2 aromatic carbocycles. The van der Waals surface area contributed by atoms with E-state index in [0.29, 0.717) is 0 Å². The molecule has 0 bridgehead atoms. The molecular formula is C20H32Cl2N2O8. The number of rotatable bonds is 4. The van der Waals surface area contributed by atoms with Crippen LogP contribution in [0.25, 0.3) is 0 Å². The lowest BCUT2D eigenvalue weighted by Gasteiger charge is -2.17. The van der Waals surface area contributed by atoms with Gasteiger partial charge in [-0.2, -0.15) is 0 Å². The summed E-state index contributed by atoms with van der Waals surface area (Å²) in [7, 11) is -9.89. The summed E-state index contributed by atoms with van der Waals surface area (Å²) in [4.78, 5) is 0. The Balaban J connectivity index is 0. The predicted molar refractivity (Wildman–Crippen MR) is 95.5 cm³/mol. The number of halogens is 2. The Morgan fingerprint density at radius 2 is 0.656 bits per heavy atom. The zero-order valence-corrected chi connectivity index (χ0v) is 20.2. The first-order chi connectivity index (χ1) is 14.6. The molecule has 10 nitrogen and oxygen atoms in total. The third kappa shape index (κ3) is 18.2. The van der Waals surface area contributed by atoms with Crippen molar-refractivity contribution < 1.29 is 69.2 Å². The van der Waals surface area contributed by atoms with Crippen LogP contribution < -0.4 is 48.7 Å². The Bertz CT molecular complexity index is 659. The average molecular weight is 499 g/mol. The molecule has 0 fully saturated rings. The second-order valence-electron chi connectivity index (χ2n) is 6.28. The molecule has 0 aliphatic carbocycles. The van der Waals surface area contributed by atoms with Gasteiger partial charge in [-0.3, -0.25) is 0 Å². The van der Waals surface area contributed by atoms with Crippen molar-refractivity contribution in [3.05, 3.63) is 58.7 Å². The van der Waals surface area contributed by atoms with Crippen molar-refractivity contribution in [1.29, 1.82) is 0 Å². The lowest BCUT2D eigenvalue weighted by molar-refractivity contribution is -2.00. The van der Waals surface area contributed by atoms with Crippen molar-refractivity contribution in [3.8, 4) is 0 Å². The minimum absolute atomic E-state index is 1.09. The molecule has 0 saturated carbocycles. The van der Waals surface area contributed by atoms with Crippen LogP contribution in [0.1, 0.15) is 49.9 Å². The fourth-order valence-electron chi connectivity index (χ4n) is 2.70. The highest BCUT2D eigenvalue weighted by Gasteiger charge is 2.04. The Hall–Kier alpha value is -1.38. The number of hydrogen-bond donors (Lipinski definition) is 2. The van der Waals surface area contributed by atoms with Gasteiger partial charge in [0.15, 0.2) is 0 Å². The van der Waals surface area contributed by atoms with E-state index in [-0.39, 0.29) is 0 Å². The third-order valence-corrected chi connectivity index (χ3v) is 4.26.